The molecule has 1 atom stereocenters. The van der Waals surface area contributed by atoms with Gasteiger partial charge in [-0.05, 0) is 37.1 Å². The maximum atomic E-state index is 11.6. The van der Waals surface area contributed by atoms with E-state index in [1.54, 1.807) is 6.92 Å². The fraction of sp³-hybridized carbons (Fsp3) is 0.385. The second kappa shape index (κ2) is 6.64. The van der Waals surface area contributed by atoms with Gasteiger partial charge in [-0.15, -0.1) is 0 Å². The lowest BCUT2D eigenvalue weighted by molar-refractivity contribution is -0.141. The predicted octanol–water partition coefficient (Wildman–Crippen LogP) is 1.62. The molecule has 1 aromatic rings. The van der Waals surface area contributed by atoms with Crippen LogP contribution in [-0.2, 0) is 4.79 Å². The number of carbonyl (C=O) groups excluding carboxylic acids is 1. The van der Waals surface area contributed by atoms with Gasteiger partial charge in [0.1, 0.15) is 5.75 Å². The number of amides is 1. The molecule has 0 aliphatic rings. The van der Waals surface area contributed by atoms with Gasteiger partial charge in [0.25, 0.3) is 5.91 Å². The van der Waals surface area contributed by atoms with E-state index in [-0.39, 0.29) is 11.7 Å². The molecule has 1 amide bonds. The topological polar surface area (TPSA) is 86.6 Å². The van der Waals surface area contributed by atoms with Crippen LogP contribution in [0.3, 0.4) is 0 Å². The maximum absolute atomic E-state index is 11.6. The molecule has 5 heteroatoms. The second-order valence-electron chi connectivity index (χ2n) is 4.18. The summed E-state index contributed by atoms with van der Waals surface area (Å²) < 4.78 is 0. The fourth-order valence-corrected chi connectivity index (χ4v) is 1.45. The van der Waals surface area contributed by atoms with Gasteiger partial charge in [-0.3, -0.25) is 9.59 Å². The number of hydrogen-bond donors (Lipinski definition) is 3. The van der Waals surface area contributed by atoms with E-state index >= 15 is 0 Å². The summed E-state index contributed by atoms with van der Waals surface area (Å²) >= 11 is 0. The van der Waals surface area contributed by atoms with Crippen molar-refractivity contribution in [1.29, 1.82) is 0 Å². The van der Waals surface area contributed by atoms with Crippen molar-refractivity contribution < 1.29 is 19.8 Å². The van der Waals surface area contributed by atoms with Crippen LogP contribution in [0.25, 0.3) is 0 Å². The molecule has 1 rings (SSSR count). The number of rotatable bonds is 6. The third-order valence-corrected chi connectivity index (χ3v) is 2.65. The average Bonchev–Trinajstić information content (AvgIpc) is 2.34. The van der Waals surface area contributed by atoms with Gasteiger partial charge in [0.05, 0.1) is 5.92 Å². The Kier molecular flexibility index (Phi) is 5.17. The lowest BCUT2D eigenvalue weighted by Crippen LogP contribution is -2.25. The Bertz CT molecular complexity index is 414. The van der Waals surface area contributed by atoms with Gasteiger partial charge in [0.15, 0.2) is 0 Å². The number of carboxylic acids is 1. The summed E-state index contributed by atoms with van der Waals surface area (Å²) in [6.07, 6.45) is 1.16. The lowest BCUT2D eigenvalue weighted by Gasteiger charge is -2.07. The molecule has 0 spiro atoms. The normalized spacial score (nSPS) is 11.8. The molecule has 3 N–H and O–H groups in total. The van der Waals surface area contributed by atoms with Gasteiger partial charge < -0.3 is 15.5 Å². The van der Waals surface area contributed by atoms with E-state index in [9.17, 15) is 9.59 Å². The number of carbonyl (C=O) groups is 2. The molecule has 0 saturated heterocycles. The zero-order chi connectivity index (χ0) is 13.5. The first-order chi connectivity index (χ1) is 8.50. The smallest absolute Gasteiger partial charge is 0.306 e. The van der Waals surface area contributed by atoms with Crippen LogP contribution < -0.4 is 5.32 Å². The Morgan fingerprint density at radius 2 is 1.89 bits per heavy atom. The highest BCUT2D eigenvalue weighted by Crippen LogP contribution is 2.09. The van der Waals surface area contributed by atoms with Crippen molar-refractivity contribution in [2.45, 2.75) is 19.8 Å². The molecule has 98 valence electrons. The fourth-order valence-electron chi connectivity index (χ4n) is 1.45. The summed E-state index contributed by atoms with van der Waals surface area (Å²) in [5.74, 6) is -1.32. The molecule has 1 unspecified atom stereocenters. The Balaban J connectivity index is 2.29. The van der Waals surface area contributed by atoms with Crippen molar-refractivity contribution in [2.75, 3.05) is 6.54 Å². The molecule has 0 radical (unpaired) electrons. The molecule has 0 heterocycles. The SMILES string of the molecule is CC(CCCNC(=O)c1ccc(O)cc1)C(=O)O. The third kappa shape index (κ3) is 4.45. The van der Waals surface area contributed by atoms with E-state index in [4.69, 9.17) is 10.2 Å². The molecule has 0 bridgehead atoms. The molecular weight excluding hydrogens is 234 g/mol. The summed E-state index contributed by atoms with van der Waals surface area (Å²) in [6.45, 7) is 2.08. The molecule has 0 saturated carbocycles. The van der Waals surface area contributed by atoms with Crippen LogP contribution in [0.15, 0.2) is 24.3 Å². The minimum absolute atomic E-state index is 0.113. The first-order valence-corrected chi connectivity index (χ1v) is 5.80. The highest BCUT2D eigenvalue weighted by atomic mass is 16.4. The lowest BCUT2D eigenvalue weighted by atomic mass is 10.1. The minimum Gasteiger partial charge on any atom is -0.508 e. The van der Waals surface area contributed by atoms with Gasteiger partial charge in [0.2, 0.25) is 0 Å². The maximum Gasteiger partial charge on any atom is 0.306 e. The summed E-state index contributed by atoms with van der Waals surface area (Å²) in [6, 6.07) is 5.96. The average molecular weight is 251 g/mol. The van der Waals surface area contributed by atoms with Crippen LogP contribution in [-0.4, -0.2) is 28.6 Å². The van der Waals surface area contributed by atoms with Crippen LogP contribution in [0.4, 0.5) is 0 Å². The largest absolute Gasteiger partial charge is 0.508 e. The number of nitrogens with one attached hydrogen (secondary N) is 1. The number of hydrogen-bond acceptors (Lipinski definition) is 3. The number of aliphatic carboxylic acids is 1. The van der Waals surface area contributed by atoms with Crippen molar-refractivity contribution in [1.82, 2.24) is 5.32 Å². The summed E-state index contributed by atoms with van der Waals surface area (Å²) in [4.78, 5) is 22.2. The van der Waals surface area contributed by atoms with Crippen molar-refractivity contribution >= 4 is 11.9 Å². The Labute approximate surface area is 105 Å². The van der Waals surface area contributed by atoms with Crippen molar-refractivity contribution in [3.05, 3.63) is 29.8 Å². The molecule has 0 aliphatic carbocycles. The van der Waals surface area contributed by atoms with E-state index in [0.717, 1.165) is 0 Å². The van der Waals surface area contributed by atoms with Crippen LogP contribution in [0.1, 0.15) is 30.1 Å². The van der Waals surface area contributed by atoms with Gasteiger partial charge in [-0.2, -0.15) is 0 Å². The van der Waals surface area contributed by atoms with Gasteiger partial charge in [-0.25, -0.2) is 0 Å². The zero-order valence-electron chi connectivity index (χ0n) is 10.2. The minimum atomic E-state index is -0.820. The second-order valence-corrected chi connectivity index (χ2v) is 4.18. The quantitative estimate of drug-likeness (QED) is 0.670. The number of aromatic hydroxyl groups is 1. The summed E-state index contributed by atoms with van der Waals surface area (Å²) in [5, 5.41) is 20.5. The molecular formula is C13H17NO4. The first-order valence-electron chi connectivity index (χ1n) is 5.80. The van der Waals surface area contributed by atoms with Crippen molar-refractivity contribution in [3.63, 3.8) is 0 Å². The Hall–Kier alpha value is -2.04. The third-order valence-electron chi connectivity index (χ3n) is 2.65. The standard InChI is InChI=1S/C13H17NO4/c1-9(13(17)18)3-2-8-14-12(16)10-4-6-11(15)7-5-10/h4-7,9,15H,2-3,8H2,1H3,(H,14,16)(H,17,18). The van der Waals surface area contributed by atoms with Crippen molar-refractivity contribution in [2.24, 2.45) is 5.92 Å². The van der Waals surface area contributed by atoms with Crippen LogP contribution >= 0.6 is 0 Å². The van der Waals surface area contributed by atoms with E-state index in [2.05, 4.69) is 5.32 Å². The van der Waals surface area contributed by atoms with Crippen LogP contribution in [0, 0.1) is 5.92 Å². The zero-order valence-corrected chi connectivity index (χ0v) is 10.2. The summed E-state index contributed by atoms with van der Waals surface area (Å²) in [5.41, 5.74) is 0.471. The molecule has 0 fully saturated rings. The van der Waals surface area contributed by atoms with Gasteiger partial charge in [-0.1, -0.05) is 6.92 Å². The van der Waals surface area contributed by atoms with Gasteiger partial charge >= 0.3 is 5.97 Å². The van der Waals surface area contributed by atoms with Crippen LogP contribution in [0.2, 0.25) is 0 Å². The summed E-state index contributed by atoms with van der Waals surface area (Å²) in [7, 11) is 0. The predicted molar refractivity (Wildman–Crippen MR) is 66.5 cm³/mol. The van der Waals surface area contributed by atoms with Gasteiger partial charge in [0, 0.05) is 12.1 Å². The van der Waals surface area contributed by atoms with Crippen molar-refractivity contribution in [3.8, 4) is 5.75 Å². The molecule has 1 aromatic carbocycles. The van der Waals surface area contributed by atoms with Crippen LogP contribution in [0.5, 0.6) is 5.75 Å². The highest BCUT2D eigenvalue weighted by Gasteiger charge is 2.10. The Morgan fingerprint density at radius 3 is 2.44 bits per heavy atom. The molecule has 18 heavy (non-hydrogen) atoms. The molecule has 5 nitrogen and oxygen atoms in total. The number of benzene rings is 1. The van der Waals surface area contributed by atoms with E-state index in [0.29, 0.717) is 24.9 Å². The molecule has 0 aromatic heterocycles. The van der Waals surface area contributed by atoms with E-state index in [1.807, 2.05) is 0 Å². The first kappa shape index (κ1) is 14.0. The number of phenolic OH excluding ortho intramolecular Hbond substituents is 1. The molecule has 0 aliphatic heterocycles. The van der Waals surface area contributed by atoms with E-state index in [1.165, 1.54) is 24.3 Å². The monoisotopic (exact) mass is 251 g/mol. The van der Waals surface area contributed by atoms with E-state index < -0.39 is 11.9 Å². The number of phenols is 1. The Morgan fingerprint density at radius 1 is 1.28 bits per heavy atom. The highest BCUT2D eigenvalue weighted by molar-refractivity contribution is 5.94. The number of carboxylic acid groups (broad SMARTS) is 1.